The maximum Gasteiger partial charge on any atom is 0.421 e. The standard InChI is InChI=1S/C29H34F3N8O6P/c1-5-46-47(43,44)16-18-6-7-22(24(10-18)45-4)38-28-34-12-20(29(30,31)32)26(39-28)37-23-9-8-21(36-25(23)27(42)33-3)19-11-35-40(14-19)13-17(2)15-41/h6-12,14,17,41H,5,13,15-16H2,1-4H3,(H,33,42)(H,43,44)(H2,34,37,38,39). The minimum absolute atomic E-state index is 0.0294. The van der Waals surface area contributed by atoms with Gasteiger partial charge in [0.1, 0.15) is 17.1 Å². The molecule has 0 aliphatic rings. The number of amides is 1. The summed E-state index contributed by atoms with van der Waals surface area (Å²) in [4.78, 5) is 35.1. The van der Waals surface area contributed by atoms with Crippen molar-refractivity contribution in [1.29, 1.82) is 0 Å². The number of hydrogen-bond acceptors (Lipinski definition) is 11. The van der Waals surface area contributed by atoms with E-state index in [1.165, 1.54) is 50.7 Å². The summed E-state index contributed by atoms with van der Waals surface area (Å²) in [5.41, 5.74) is 0.112. The molecule has 3 aromatic heterocycles. The van der Waals surface area contributed by atoms with Crippen LogP contribution in [0, 0.1) is 5.92 Å². The molecule has 18 heteroatoms. The summed E-state index contributed by atoms with van der Waals surface area (Å²) in [6.07, 6.45) is -1.35. The van der Waals surface area contributed by atoms with Gasteiger partial charge in [0, 0.05) is 38.2 Å². The number of anilines is 4. The van der Waals surface area contributed by atoms with Crippen LogP contribution in [0.2, 0.25) is 0 Å². The molecule has 0 aliphatic carbocycles. The van der Waals surface area contributed by atoms with E-state index in [9.17, 15) is 32.5 Å². The van der Waals surface area contributed by atoms with Crippen molar-refractivity contribution in [1.82, 2.24) is 30.0 Å². The van der Waals surface area contributed by atoms with Crippen LogP contribution in [0.25, 0.3) is 11.3 Å². The molecular weight excluding hydrogens is 644 g/mol. The third kappa shape index (κ3) is 9.04. The number of nitrogens with one attached hydrogen (secondary N) is 3. The highest BCUT2D eigenvalue weighted by Crippen LogP contribution is 2.46. The van der Waals surface area contributed by atoms with Crippen molar-refractivity contribution in [2.75, 3.05) is 38.0 Å². The van der Waals surface area contributed by atoms with Gasteiger partial charge in [-0.3, -0.25) is 14.0 Å². The van der Waals surface area contributed by atoms with E-state index in [2.05, 4.69) is 36.0 Å². The van der Waals surface area contributed by atoms with Crippen molar-refractivity contribution in [2.24, 2.45) is 5.92 Å². The highest BCUT2D eigenvalue weighted by atomic mass is 31.2. The molecule has 0 aliphatic heterocycles. The maximum atomic E-state index is 14.1. The van der Waals surface area contributed by atoms with E-state index in [4.69, 9.17) is 9.26 Å². The molecule has 4 aromatic rings. The van der Waals surface area contributed by atoms with Gasteiger partial charge in [0.05, 0.1) is 43.1 Å². The summed E-state index contributed by atoms with van der Waals surface area (Å²) >= 11 is 0. The Morgan fingerprint density at radius 2 is 1.87 bits per heavy atom. The zero-order valence-corrected chi connectivity index (χ0v) is 26.8. The van der Waals surface area contributed by atoms with Crippen LogP contribution in [0.4, 0.5) is 36.3 Å². The highest BCUT2D eigenvalue weighted by molar-refractivity contribution is 7.51. The van der Waals surface area contributed by atoms with Gasteiger partial charge in [0.25, 0.3) is 5.91 Å². The normalized spacial score (nSPS) is 13.5. The number of hydrogen-bond donors (Lipinski definition) is 5. The number of carbonyl (C=O) groups excluding carboxylic acids is 1. The summed E-state index contributed by atoms with van der Waals surface area (Å²) in [5.74, 6) is -1.42. The second-order valence-corrected chi connectivity index (χ2v) is 12.2. The number of rotatable bonds is 14. The van der Waals surface area contributed by atoms with Crippen molar-refractivity contribution in [3.05, 3.63) is 65.7 Å². The Balaban J connectivity index is 1.67. The average molecular weight is 679 g/mol. The Hall–Kier alpha value is -4.57. The fourth-order valence-corrected chi connectivity index (χ4v) is 5.55. The number of methoxy groups -OCH3 is 1. The number of aromatic nitrogens is 5. The van der Waals surface area contributed by atoms with Crippen molar-refractivity contribution in [3.8, 4) is 17.0 Å². The lowest BCUT2D eigenvalue weighted by Crippen LogP contribution is -2.21. The lowest BCUT2D eigenvalue weighted by molar-refractivity contribution is -0.137. The van der Waals surface area contributed by atoms with Crippen LogP contribution >= 0.6 is 7.60 Å². The molecule has 2 unspecified atom stereocenters. The molecule has 4 rings (SSSR count). The number of benzene rings is 1. The van der Waals surface area contributed by atoms with E-state index in [-0.39, 0.29) is 54.1 Å². The molecule has 252 valence electrons. The molecule has 5 N–H and O–H groups in total. The average Bonchev–Trinajstić information content (AvgIpc) is 3.49. The fraction of sp³-hybridized carbons (Fsp3) is 0.345. The quantitative estimate of drug-likeness (QED) is 0.113. The molecule has 47 heavy (non-hydrogen) atoms. The van der Waals surface area contributed by atoms with Crippen LogP contribution in [0.5, 0.6) is 5.75 Å². The van der Waals surface area contributed by atoms with Gasteiger partial charge in [-0.25, -0.2) is 9.97 Å². The Morgan fingerprint density at radius 1 is 1.13 bits per heavy atom. The molecule has 0 bridgehead atoms. The van der Waals surface area contributed by atoms with Crippen molar-refractivity contribution >= 4 is 36.6 Å². The summed E-state index contributed by atoms with van der Waals surface area (Å²) in [5, 5.41) is 21.4. The van der Waals surface area contributed by atoms with Gasteiger partial charge in [-0.15, -0.1) is 0 Å². The predicted molar refractivity (Wildman–Crippen MR) is 167 cm³/mol. The van der Waals surface area contributed by atoms with Gasteiger partial charge in [-0.05, 0) is 42.7 Å². The van der Waals surface area contributed by atoms with Crippen LogP contribution in [0.15, 0.2) is 48.9 Å². The zero-order chi connectivity index (χ0) is 34.4. The summed E-state index contributed by atoms with van der Waals surface area (Å²) in [7, 11) is -1.18. The van der Waals surface area contributed by atoms with Gasteiger partial charge < -0.3 is 35.2 Å². The largest absolute Gasteiger partial charge is 0.495 e. The number of halogens is 3. The summed E-state index contributed by atoms with van der Waals surface area (Å²) in [6, 6.07) is 7.42. The Bertz CT molecular complexity index is 1770. The van der Waals surface area contributed by atoms with Crippen LogP contribution in [0.3, 0.4) is 0 Å². The smallest absolute Gasteiger partial charge is 0.421 e. The first-order valence-corrected chi connectivity index (χ1v) is 16.0. The van der Waals surface area contributed by atoms with E-state index >= 15 is 0 Å². The maximum absolute atomic E-state index is 14.1. The number of aliphatic hydroxyl groups is 1. The molecule has 0 saturated carbocycles. The molecule has 1 amide bonds. The third-order valence-corrected chi connectivity index (χ3v) is 8.08. The van der Waals surface area contributed by atoms with E-state index in [0.29, 0.717) is 29.6 Å². The third-order valence-electron chi connectivity index (χ3n) is 6.65. The Morgan fingerprint density at radius 3 is 2.53 bits per heavy atom. The minimum atomic E-state index is -4.86. The molecular formula is C29H34F3N8O6P. The van der Waals surface area contributed by atoms with Gasteiger partial charge in [-0.2, -0.15) is 23.3 Å². The first-order valence-electron chi connectivity index (χ1n) is 14.2. The minimum Gasteiger partial charge on any atom is -0.495 e. The number of aliphatic hydroxyl groups excluding tert-OH is 1. The van der Waals surface area contributed by atoms with Crippen molar-refractivity contribution in [3.63, 3.8) is 0 Å². The summed E-state index contributed by atoms with van der Waals surface area (Å²) < 4.78 is 66.3. The molecule has 0 spiro atoms. The molecule has 0 radical (unpaired) electrons. The van der Waals surface area contributed by atoms with Crippen LogP contribution in [0.1, 0.15) is 35.5 Å². The molecule has 2 atom stereocenters. The van der Waals surface area contributed by atoms with Crippen LogP contribution in [-0.4, -0.2) is 68.0 Å². The van der Waals surface area contributed by atoms with E-state index in [0.717, 1.165) is 0 Å². The SMILES string of the molecule is CCOP(=O)(O)Cc1ccc(Nc2ncc(C(F)(F)F)c(Nc3ccc(-c4cnn(CC(C)CO)c4)nc3C(=O)NC)n2)c(OC)c1. The lowest BCUT2D eigenvalue weighted by atomic mass is 10.1. The van der Waals surface area contributed by atoms with Crippen LogP contribution in [-0.2, 0) is 28.0 Å². The van der Waals surface area contributed by atoms with Crippen LogP contribution < -0.4 is 20.7 Å². The number of carbonyl (C=O) groups is 1. The zero-order valence-electron chi connectivity index (χ0n) is 25.9. The fourth-order valence-electron chi connectivity index (χ4n) is 4.39. The number of ether oxygens (including phenoxy) is 1. The molecule has 1 aromatic carbocycles. The molecule has 14 nitrogen and oxygen atoms in total. The van der Waals surface area contributed by atoms with E-state index in [1.54, 1.807) is 17.8 Å². The summed E-state index contributed by atoms with van der Waals surface area (Å²) in [6.45, 7) is 3.90. The van der Waals surface area contributed by atoms with Crippen molar-refractivity contribution in [2.45, 2.75) is 32.7 Å². The number of alkyl halides is 3. The topological polar surface area (TPSA) is 186 Å². The second kappa shape index (κ2) is 14.9. The van der Waals surface area contributed by atoms with Gasteiger partial charge in [-0.1, -0.05) is 13.0 Å². The van der Waals surface area contributed by atoms with E-state index < -0.39 is 31.1 Å². The molecule has 0 fully saturated rings. The molecule has 3 heterocycles. The number of nitrogens with zero attached hydrogens (tertiary/aromatic N) is 5. The second-order valence-electron chi connectivity index (χ2n) is 10.4. The van der Waals surface area contributed by atoms with Gasteiger partial charge in [0.15, 0.2) is 5.69 Å². The van der Waals surface area contributed by atoms with Gasteiger partial charge >= 0.3 is 13.8 Å². The lowest BCUT2D eigenvalue weighted by Gasteiger charge is -2.17. The Kier molecular flexibility index (Phi) is 11.2. The monoisotopic (exact) mass is 678 g/mol. The van der Waals surface area contributed by atoms with Crippen molar-refractivity contribution < 1.29 is 41.8 Å². The van der Waals surface area contributed by atoms with Gasteiger partial charge in [0.2, 0.25) is 5.95 Å². The molecule has 0 saturated heterocycles. The highest BCUT2D eigenvalue weighted by Gasteiger charge is 2.36. The Labute approximate surface area is 267 Å². The predicted octanol–water partition coefficient (Wildman–Crippen LogP) is 4.96. The van der Waals surface area contributed by atoms with E-state index in [1.807, 2.05) is 6.92 Å². The first kappa shape index (κ1) is 35.3. The first-order chi connectivity index (χ1) is 22.3. The number of pyridine rings is 1.